The molecule has 0 saturated heterocycles. The van der Waals surface area contributed by atoms with Gasteiger partial charge < -0.3 is 0 Å². The summed E-state index contributed by atoms with van der Waals surface area (Å²) in [4.78, 5) is 10.2. The van der Waals surface area contributed by atoms with Crippen molar-refractivity contribution in [2.24, 2.45) is 0 Å². The molecule has 2 aromatic rings. The Morgan fingerprint density at radius 3 is 2.35 bits per heavy atom. The molecule has 116 valence electrons. The lowest BCUT2D eigenvalue weighted by atomic mass is 10.0. The lowest BCUT2D eigenvalue weighted by molar-refractivity contribution is -0.384. The molecule has 4 nitrogen and oxygen atoms in total. The topological polar surface area (TPSA) is 66.9 Å². The fourth-order valence-corrected chi connectivity index (χ4v) is 1.90. The highest BCUT2D eigenvalue weighted by molar-refractivity contribution is 5.90. The summed E-state index contributed by atoms with van der Waals surface area (Å²) in [5, 5.41) is 19.9. The van der Waals surface area contributed by atoms with E-state index in [9.17, 15) is 28.5 Å². The number of nitro groups is 1. The van der Waals surface area contributed by atoms with Gasteiger partial charge >= 0.3 is 6.18 Å². The summed E-state index contributed by atoms with van der Waals surface area (Å²) in [6.07, 6.45) is -3.06. The Hall–Kier alpha value is -3.14. The Morgan fingerprint density at radius 2 is 1.83 bits per heavy atom. The van der Waals surface area contributed by atoms with Crippen molar-refractivity contribution in [2.45, 2.75) is 6.18 Å². The molecule has 0 N–H and O–H groups in total. The van der Waals surface area contributed by atoms with E-state index >= 15 is 0 Å². The first kappa shape index (κ1) is 16.2. The van der Waals surface area contributed by atoms with Crippen molar-refractivity contribution in [3.05, 3.63) is 75.3 Å². The largest absolute Gasteiger partial charge is 0.416 e. The standard InChI is InChI=1S/C16H9F3N2O2/c17-16(18,19)14-6-4-11(5-7-14)8-13(10-20)12-2-1-3-15(9-12)21(22)23/h1-9H/b13-8-. The Kier molecular flexibility index (Phi) is 4.46. The predicted octanol–water partition coefficient (Wildman–Crippen LogP) is 4.68. The number of nitriles is 1. The Balaban J connectivity index is 2.38. The average molecular weight is 318 g/mol. The maximum atomic E-state index is 12.5. The van der Waals surface area contributed by atoms with Crippen molar-refractivity contribution in [3.8, 4) is 6.07 Å². The number of alkyl halides is 3. The number of halogens is 3. The average Bonchev–Trinajstić information content (AvgIpc) is 2.52. The molecule has 0 atom stereocenters. The zero-order valence-electron chi connectivity index (χ0n) is 11.5. The summed E-state index contributed by atoms with van der Waals surface area (Å²) in [5.41, 5.74) is -0.129. The van der Waals surface area contributed by atoms with Gasteiger partial charge in [0.25, 0.3) is 5.69 Å². The van der Waals surface area contributed by atoms with Crippen molar-refractivity contribution in [1.82, 2.24) is 0 Å². The van der Waals surface area contributed by atoms with Crippen LogP contribution in [0.25, 0.3) is 11.6 Å². The van der Waals surface area contributed by atoms with Crippen LogP contribution in [0.15, 0.2) is 48.5 Å². The van der Waals surface area contributed by atoms with Crippen LogP contribution >= 0.6 is 0 Å². The van der Waals surface area contributed by atoms with Gasteiger partial charge in [-0.05, 0) is 29.3 Å². The normalized spacial score (nSPS) is 11.8. The molecule has 2 rings (SSSR count). The minimum atomic E-state index is -4.43. The van der Waals surface area contributed by atoms with E-state index in [1.165, 1.54) is 42.5 Å². The molecule has 23 heavy (non-hydrogen) atoms. The van der Waals surface area contributed by atoms with Crippen molar-refractivity contribution in [1.29, 1.82) is 5.26 Å². The molecule has 0 heterocycles. The molecule has 0 aliphatic carbocycles. The third-order valence-electron chi connectivity index (χ3n) is 3.04. The number of benzene rings is 2. The smallest absolute Gasteiger partial charge is 0.258 e. The van der Waals surface area contributed by atoms with E-state index in [4.69, 9.17) is 0 Å². The second-order valence-electron chi connectivity index (χ2n) is 4.60. The third kappa shape index (κ3) is 3.95. The molecule has 0 aliphatic heterocycles. The van der Waals surface area contributed by atoms with Crippen LogP contribution in [0.3, 0.4) is 0 Å². The number of hydrogen-bond acceptors (Lipinski definition) is 3. The van der Waals surface area contributed by atoms with E-state index in [2.05, 4.69) is 0 Å². The van der Waals surface area contributed by atoms with E-state index in [0.717, 1.165) is 12.1 Å². The monoisotopic (exact) mass is 318 g/mol. The van der Waals surface area contributed by atoms with Crippen LogP contribution in [0, 0.1) is 21.4 Å². The molecule has 0 unspecified atom stereocenters. The summed E-state index contributed by atoms with van der Waals surface area (Å²) in [5.74, 6) is 0. The molecule has 7 heteroatoms. The first-order valence-corrected chi connectivity index (χ1v) is 6.35. The molecular weight excluding hydrogens is 309 g/mol. The fraction of sp³-hybridized carbons (Fsp3) is 0.0625. The van der Waals surface area contributed by atoms with Crippen LogP contribution in [0.2, 0.25) is 0 Å². The van der Waals surface area contributed by atoms with Gasteiger partial charge in [-0.1, -0.05) is 24.3 Å². The van der Waals surface area contributed by atoms with Crippen molar-refractivity contribution in [2.75, 3.05) is 0 Å². The minimum absolute atomic E-state index is 0.119. The first-order valence-electron chi connectivity index (χ1n) is 6.35. The number of non-ortho nitro benzene ring substituents is 1. The molecule has 0 aromatic heterocycles. The van der Waals surface area contributed by atoms with E-state index in [-0.39, 0.29) is 11.3 Å². The third-order valence-corrected chi connectivity index (χ3v) is 3.04. The van der Waals surface area contributed by atoms with Gasteiger partial charge in [-0.3, -0.25) is 10.1 Å². The quantitative estimate of drug-likeness (QED) is 0.357. The lowest BCUT2D eigenvalue weighted by Gasteiger charge is -2.06. The maximum Gasteiger partial charge on any atom is 0.416 e. The van der Waals surface area contributed by atoms with Crippen LogP contribution in [0.1, 0.15) is 16.7 Å². The summed E-state index contributed by atoms with van der Waals surface area (Å²) in [6, 6.07) is 11.7. The van der Waals surface area contributed by atoms with Gasteiger partial charge in [0.05, 0.1) is 22.1 Å². The number of rotatable bonds is 3. The molecule has 0 spiro atoms. The van der Waals surface area contributed by atoms with Gasteiger partial charge in [0.2, 0.25) is 0 Å². The zero-order chi connectivity index (χ0) is 17.0. The van der Waals surface area contributed by atoms with Gasteiger partial charge in [0.1, 0.15) is 0 Å². The van der Waals surface area contributed by atoms with E-state index in [1.54, 1.807) is 0 Å². The Bertz CT molecular complexity index is 803. The van der Waals surface area contributed by atoms with Gasteiger partial charge in [0.15, 0.2) is 0 Å². The minimum Gasteiger partial charge on any atom is -0.258 e. The van der Waals surface area contributed by atoms with Crippen molar-refractivity contribution >= 4 is 17.3 Å². The van der Waals surface area contributed by atoms with Crippen LogP contribution < -0.4 is 0 Å². The Labute approximate surface area is 129 Å². The molecule has 0 aliphatic rings. The molecular formula is C16H9F3N2O2. The maximum absolute atomic E-state index is 12.5. The summed E-state index contributed by atoms with van der Waals surface area (Å²) in [6.45, 7) is 0. The molecule has 2 aromatic carbocycles. The summed E-state index contributed by atoms with van der Waals surface area (Å²) in [7, 11) is 0. The highest BCUT2D eigenvalue weighted by Crippen LogP contribution is 2.30. The van der Waals surface area contributed by atoms with E-state index in [1.807, 2.05) is 6.07 Å². The number of allylic oxidation sites excluding steroid dienone is 1. The van der Waals surface area contributed by atoms with Crippen LogP contribution in [-0.2, 0) is 6.18 Å². The van der Waals surface area contributed by atoms with E-state index in [0.29, 0.717) is 11.1 Å². The van der Waals surface area contributed by atoms with Gasteiger partial charge in [-0.25, -0.2) is 0 Å². The first-order chi connectivity index (χ1) is 10.8. The molecule has 0 saturated carbocycles. The van der Waals surface area contributed by atoms with Gasteiger partial charge in [-0.2, -0.15) is 18.4 Å². The molecule has 0 bridgehead atoms. The highest BCUT2D eigenvalue weighted by atomic mass is 19.4. The summed E-state index contributed by atoms with van der Waals surface area (Å²) >= 11 is 0. The van der Waals surface area contributed by atoms with Crippen LogP contribution in [-0.4, -0.2) is 4.92 Å². The lowest BCUT2D eigenvalue weighted by Crippen LogP contribution is -2.03. The SMILES string of the molecule is N#C/C(=C/c1ccc(C(F)(F)F)cc1)c1cccc([N+](=O)[O-])c1. The van der Waals surface area contributed by atoms with Crippen LogP contribution in [0.4, 0.5) is 18.9 Å². The van der Waals surface area contributed by atoms with E-state index < -0.39 is 16.7 Å². The van der Waals surface area contributed by atoms with Gasteiger partial charge in [-0.15, -0.1) is 0 Å². The number of nitrogens with zero attached hydrogens (tertiary/aromatic N) is 2. The summed E-state index contributed by atoms with van der Waals surface area (Å²) < 4.78 is 37.5. The van der Waals surface area contributed by atoms with Gasteiger partial charge in [0, 0.05) is 12.1 Å². The van der Waals surface area contributed by atoms with Crippen molar-refractivity contribution < 1.29 is 18.1 Å². The number of nitro benzene ring substituents is 1. The number of hydrogen-bond donors (Lipinski definition) is 0. The molecule has 0 radical (unpaired) electrons. The predicted molar refractivity (Wildman–Crippen MR) is 78.0 cm³/mol. The van der Waals surface area contributed by atoms with Crippen LogP contribution in [0.5, 0.6) is 0 Å². The second-order valence-corrected chi connectivity index (χ2v) is 4.60. The second kappa shape index (κ2) is 6.32. The molecule has 0 amide bonds. The molecule has 0 fully saturated rings. The Morgan fingerprint density at radius 1 is 1.17 bits per heavy atom. The van der Waals surface area contributed by atoms with Crippen molar-refractivity contribution in [3.63, 3.8) is 0 Å². The highest BCUT2D eigenvalue weighted by Gasteiger charge is 2.29. The fourth-order valence-electron chi connectivity index (χ4n) is 1.90. The zero-order valence-corrected chi connectivity index (χ0v) is 11.5.